The van der Waals surface area contributed by atoms with Crippen LogP contribution in [0.4, 0.5) is 0 Å². The van der Waals surface area contributed by atoms with Crippen molar-refractivity contribution in [3.8, 4) is 0 Å². The first-order chi connectivity index (χ1) is 7.21. The molecule has 1 atom stereocenters. The van der Waals surface area contributed by atoms with Crippen LogP contribution in [-0.4, -0.2) is 15.0 Å². The van der Waals surface area contributed by atoms with E-state index in [2.05, 4.69) is 20.3 Å². The largest absolute Gasteiger partial charge is 0.591 e. The highest BCUT2D eigenvalue weighted by molar-refractivity contribution is 9.11. The summed E-state index contributed by atoms with van der Waals surface area (Å²) < 4.78 is 16.6. The van der Waals surface area contributed by atoms with Gasteiger partial charge < -0.3 is 4.55 Å². The molecular formula is C10H13BrClNOS2. The Bertz CT molecular complexity index is 411. The zero-order valence-electron chi connectivity index (χ0n) is 9.51. The molecule has 0 fully saturated rings. The molecule has 0 N–H and O–H groups in total. The summed E-state index contributed by atoms with van der Waals surface area (Å²) in [7, 11) is 0. The van der Waals surface area contributed by atoms with E-state index in [4.69, 9.17) is 11.6 Å². The van der Waals surface area contributed by atoms with Crippen LogP contribution in [0.5, 0.6) is 0 Å². The average Bonchev–Trinajstić information content (AvgIpc) is 2.43. The molecule has 0 aliphatic heterocycles. The van der Waals surface area contributed by atoms with E-state index < -0.39 is 11.4 Å². The fourth-order valence-electron chi connectivity index (χ4n) is 0.890. The van der Waals surface area contributed by atoms with Gasteiger partial charge in [-0.3, -0.25) is 0 Å². The van der Waals surface area contributed by atoms with Crippen molar-refractivity contribution >= 4 is 55.9 Å². The third-order valence-electron chi connectivity index (χ3n) is 1.73. The minimum Gasteiger partial charge on any atom is -0.591 e. The van der Waals surface area contributed by atoms with Gasteiger partial charge in [-0.1, -0.05) is 16.0 Å². The molecule has 0 bridgehead atoms. The zero-order valence-corrected chi connectivity index (χ0v) is 13.5. The molecule has 1 aromatic rings. The van der Waals surface area contributed by atoms with E-state index in [-0.39, 0.29) is 4.75 Å². The number of rotatable bonds is 2. The molecule has 6 heteroatoms. The van der Waals surface area contributed by atoms with Crippen molar-refractivity contribution in [2.24, 2.45) is 4.40 Å². The number of thiophene rings is 1. The standard InChI is InChI=1S/C10H13BrClNOS2/c1-6(13-16(14)10(2,3)4)9-7(12)5-8(11)15-9/h5H,1-4H3/b13-6+/t16-/m0/s1. The van der Waals surface area contributed by atoms with Gasteiger partial charge in [-0.2, -0.15) is 0 Å². The average molecular weight is 343 g/mol. The van der Waals surface area contributed by atoms with Crippen molar-refractivity contribution in [2.75, 3.05) is 0 Å². The quantitative estimate of drug-likeness (QED) is 0.578. The van der Waals surface area contributed by atoms with Crippen molar-refractivity contribution in [3.63, 3.8) is 0 Å². The van der Waals surface area contributed by atoms with Gasteiger partial charge in [0.1, 0.15) is 21.8 Å². The second-order valence-corrected chi connectivity index (χ2v) is 9.01. The molecule has 0 aliphatic carbocycles. The molecule has 1 heterocycles. The Hall–Kier alpha value is 0.450. The first-order valence-electron chi connectivity index (χ1n) is 4.64. The van der Waals surface area contributed by atoms with Crippen molar-refractivity contribution in [3.05, 3.63) is 19.8 Å². The molecule has 0 saturated carbocycles. The lowest BCUT2D eigenvalue weighted by atomic mass is 10.3. The minimum atomic E-state index is -1.25. The third-order valence-corrected chi connectivity index (χ3v) is 5.37. The van der Waals surface area contributed by atoms with Crippen LogP contribution >= 0.6 is 38.9 Å². The number of hydrogen-bond acceptors (Lipinski definition) is 3. The number of nitrogens with zero attached hydrogens (tertiary/aromatic N) is 1. The zero-order chi connectivity index (χ0) is 12.5. The lowest BCUT2D eigenvalue weighted by Gasteiger charge is -2.18. The first-order valence-corrected chi connectivity index (χ1v) is 7.73. The summed E-state index contributed by atoms with van der Waals surface area (Å²) in [6, 6.07) is 1.82. The van der Waals surface area contributed by atoms with Crippen molar-refractivity contribution in [1.29, 1.82) is 0 Å². The molecule has 0 radical (unpaired) electrons. The Morgan fingerprint density at radius 3 is 2.50 bits per heavy atom. The van der Waals surface area contributed by atoms with Gasteiger partial charge in [0.15, 0.2) is 0 Å². The molecule has 0 aromatic carbocycles. The fourth-order valence-corrected chi connectivity index (χ4v) is 3.56. The first kappa shape index (κ1) is 14.5. The van der Waals surface area contributed by atoms with Gasteiger partial charge in [-0.05, 0) is 49.7 Å². The molecule has 0 unspecified atom stereocenters. The van der Waals surface area contributed by atoms with Crippen molar-refractivity contribution in [2.45, 2.75) is 32.4 Å². The Morgan fingerprint density at radius 1 is 1.56 bits per heavy atom. The second kappa shape index (κ2) is 5.40. The number of hydrogen-bond donors (Lipinski definition) is 0. The van der Waals surface area contributed by atoms with Gasteiger partial charge in [0, 0.05) is 0 Å². The molecule has 0 saturated heterocycles. The number of halogens is 2. The van der Waals surface area contributed by atoms with Crippen LogP contribution in [0, 0.1) is 0 Å². The summed E-state index contributed by atoms with van der Waals surface area (Å²) in [5.41, 5.74) is 0.717. The van der Waals surface area contributed by atoms with E-state index in [1.807, 2.05) is 33.8 Å². The maximum Gasteiger partial charge on any atom is 0.144 e. The van der Waals surface area contributed by atoms with Crippen LogP contribution in [-0.2, 0) is 11.4 Å². The van der Waals surface area contributed by atoms with Gasteiger partial charge in [0.05, 0.1) is 13.7 Å². The van der Waals surface area contributed by atoms with Crippen LogP contribution in [0.1, 0.15) is 32.6 Å². The maximum atomic E-state index is 11.8. The van der Waals surface area contributed by atoms with Crippen LogP contribution in [0.3, 0.4) is 0 Å². The highest BCUT2D eigenvalue weighted by atomic mass is 79.9. The second-order valence-electron chi connectivity index (χ2n) is 4.27. The van der Waals surface area contributed by atoms with Gasteiger partial charge in [0.25, 0.3) is 0 Å². The summed E-state index contributed by atoms with van der Waals surface area (Å²) >= 11 is 9.65. The van der Waals surface area contributed by atoms with Crippen LogP contribution in [0.15, 0.2) is 14.3 Å². The highest BCUT2D eigenvalue weighted by Crippen LogP contribution is 2.32. The normalized spacial score (nSPS) is 15.3. The van der Waals surface area contributed by atoms with E-state index in [1.54, 1.807) is 0 Å². The maximum absolute atomic E-state index is 11.8. The summed E-state index contributed by atoms with van der Waals surface area (Å²) in [6.45, 7) is 7.51. The van der Waals surface area contributed by atoms with E-state index >= 15 is 0 Å². The predicted octanol–water partition coefficient (Wildman–Crippen LogP) is 4.44. The van der Waals surface area contributed by atoms with Gasteiger partial charge >= 0.3 is 0 Å². The van der Waals surface area contributed by atoms with Crippen molar-refractivity contribution in [1.82, 2.24) is 0 Å². The molecule has 16 heavy (non-hydrogen) atoms. The molecule has 0 aliphatic rings. The minimum absolute atomic E-state index is 0.345. The monoisotopic (exact) mass is 341 g/mol. The molecule has 1 rings (SSSR count). The molecule has 1 aromatic heterocycles. The molecule has 2 nitrogen and oxygen atoms in total. The SMILES string of the molecule is C/C(=N\[S@@+]([O-])C(C)(C)C)c1sc(Br)cc1Cl. The summed E-state index contributed by atoms with van der Waals surface area (Å²) in [4.78, 5) is 0.867. The van der Waals surface area contributed by atoms with Gasteiger partial charge in [-0.25, -0.2) is 0 Å². The predicted molar refractivity (Wildman–Crippen MR) is 77.1 cm³/mol. The topological polar surface area (TPSA) is 35.4 Å². The van der Waals surface area contributed by atoms with Crippen LogP contribution in [0.25, 0.3) is 0 Å². The Balaban J connectivity index is 2.98. The van der Waals surface area contributed by atoms with E-state index in [0.717, 1.165) is 8.66 Å². The lowest BCUT2D eigenvalue weighted by Crippen LogP contribution is -2.26. The summed E-state index contributed by atoms with van der Waals surface area (Å²) in [5, 5.41) is 0.643. The Morgan fingerprint density at radius 2 is 2.12 bits per heavy atom. The molecule has 0 amide bonds. The third kappa shape index (κ3) is 3.74. The van der Waals surface area contributed by atoms with Gasteiger partial charge in [0.2, 0.25) is 0 Å². The van der Waals surface area contributed by atoms with E-state index in [1.165, 1.54) is 11.3 Å². The highest BCUT2D eigenvalue weighted by Gasteiger charge is 2.27. The van der Waals surface area contributed by atoms with E-state index in [0.29, 0.717) is 10.7 Å². The Labute approximate surface area is 117 Å². The Kier molecular flexibility index (Phi) is 4.89. The molecular weight excluding hydrogens is 330 g/mol. The molecule has 90 valence electrons. The van der Waals surface area contributed by atoms with Crippen LogP contribution < -0.4 is 0 Å². The smallest absolute Gasteiger partial charge is 0.144 e. The molecule has 0 spiro atoms. The van der Waals surface area contributed by atoms with Crippen LogP contribution in [0.2, 0.25) is 5.02 Å². The van der Waals surface area contributed by atoms with E-state index in [9.17, 15) is 4.55 Å². The fraction of sp³-hybridized carbons (Fsp3) is 0.500. The summed E-state index contributed by atoms with van der Waals surface area (Å²) in [6.07, 6.45) is 0. The van der Waals surface area contributed by atoms with Gasteiger partial charge in [-0.15, -0.1) is 11.3 Å². The van der Waals surface area contributed by atoms with Crippen molar-refractivity contribution < 1.29 is 4.55 Å². The lowest BCUT2D eigenvalue weighted by molar-refractivity contribution is 0.561. The summed E-state index contributed by atoms with van der Waals surface area (Å²) in [5.74, 6) is 0.